The molecule has 3 rings (SSSR count). The number of allylic oxidation sites excluding steroid dienone is 8. The van der Waals surface area contributed by atoms with Crippen molar-refractivity contribution in [1.82, 2.24) is 9.97 Å². The Morgan fingerprint density at radius 1 is 0.944 bits per heavy atom. The van der Waals surface area contributed by atoms with Gasteiger partial charge in [-0.05, 0) is 12.1 Å². The second-order valence-electron chi connectivity index (χ2n) is 3.82. The van der Waals surface area contributed by atoms with E-state index in [0.717, 1.165) is 21.6 Å². The zero-order chi connectivity index (χ0) is 12.4. The number of aromatic nitrogens is 2. The van der Waals surface area contributed by atoms with Crippen molar-refractivity contribution in [3.63, 3.8) is 0 Å². The SMILES string of the molecule is Nc1nc2ccc(C3=CC=CC=CC=C3)nc2s1. The van der Waals surface area contributed by atoms with E-state index in [4.69, 9.17) is 5.73 Å². The van der Waals surface area contributed by atoms with Gasteiger partial charge in [-0.3, -0.25) is 0 Å². The van der Waals surface area contributed by atoms with Crippen LogP contribution in [0.5, 0.6) is 0 Å². The van der Waals surface area contributed by atoms with E-state index in [0.29, 0.717) is 5.13 Å². The maximum absolute atomic E-state index is 5.68. The van der Waals surface area contributed by atoms with Crippen molar-refractivity contribution < 1.29 is 0 Å². The smallest absolute Gasteiger partial charge is 0.182 e. The lowest BCUT2D eigenvalue weighted by atomic mass is 10.1. The van der Waals surface area contributed by atoms with Gasteiger partial charge in [0.25, 0.3) is 0 Å². The third kappa shape index (κ3) is 2.10. The molecule has 0 saturated heterocycles. The summed E-state index contributed by atoms with van der Waals surface area (Å²) in [5.74, 6) is 0. The van der Waals surface area contributed by atoms with Crippen molar-refractivity contribution in [2.75, 3.05) is 5.73 Å². The van der Waals surface area contributed by atoms with Crippen molar-refractivity contribution in [2.45, 2.75) is 0 Å². The fraction of sp³-hybridized carbons (Fsp3) is 0. The number of fused-ring (bicyclic) bond motifs is 1. The average Bonchev–Trinajstić information content (AvgIpc) is 2.67. The molecule has 0 saturated carbocycles. The van der Waals surface area contributed by atoms with Crippen LogP contribution in [0.4, 0.5) is 5.13 Å². The molecule has 0 aliphatic heterocycles. The number of hydrogen-bond acceptors (Lipinski definition) is 4. The number of nitrogen functional groups attached to an aromatic ring is 1. The summed E-state index contributed by atoms with van der Waals surface area (Å²) < 4.78 is 0. The van der Waals surface area contributed by atoms with Crippen molar-refractivity contribution in [2.24, 2.45) is 0 Å². The fourth-order valence-corrected chi connectivity index (χ4v) is 2.44. The minimum Gasteiger partial charge on any atom is -0.375 e. The predicted octanol–water partition coefficient (Wildman–Crippen LogP) is 3.34. The van der Waals surface area contributed by atoms with E-state index in [2.05, 4.69) is 9.97 Å². The summed E-state index contributed by atoms with van der Waals surface area (Å²) in [4.78, 5) is 9.67. The lowest BCUT2D eigenvalue weighted by molar-refractivity contribution is 1.35. The molecule has 18 heavy (non-hydrogen) atoms. The number of anilines is 1. The number of hydrogen-bond donors (Lipinski definition) is 1. The monoisotopic (exact) mass is 253 g/mol. The number of thiazole rings is 1. The molecule has 3 nitrogen and oxygen atoms in total. The predicted molar refractivity (Wildman–Crippen MR) is 77.2 cm³/mol. The van der Waals surface area contributed by atoms with Gasteiger partial charge >= 0.3 is 0 Å². The van der Waals surface area contributed by atoms with E-state index in [1.165, 1.54) is 11.3 Å². The molecular weight excluding hydrogens is 242 g/mol. The first-order valence-corrected chi connectivity index (χ1v) is 6.40. The van der Waals surface area contributed by atoms with Crippen LogP contribution in [-0.4, -0.2) is 9.97 Å². The van der Waals surface area contributed by atoms with Gasteiger partial charge in [0, 0.05) is 5.57 Å². The van der Waals surface area contributed by atoms with Gasteiger partial charge in [0.2, 0.25) is 0 Å². The first kappa shape index (κ1) is 10.9. The summed E-state index contributed by atoms with van der Waals surface area (Å²) >= 11 is 1.41. The maximum atomic E-state index is 5.68. The maximum Gasteiger partial charge on any atom is 0.182 e. The Morgan fingerprint density at radius 3 is 2.72 bits per heavy atom. The summed E-state index contributed by atoms with van der Waals surface area (Å²) in [6.07, 6.45) is 14.1. The largest absolute Gasteiger partial charge is 0.375 e. The molecular formula is C14H11N3S. The highest BCUT2D eigenvalue weighted by Gasteiger charge is 2.05. The summed E-state index contributed by atoms with van der Waals surface area (Å²) in [7, 11) is 0. The normalized spacial score (nSPS) is 14.6. The van der Waals surface area contributed by atoms with Gasteiger partial charge in [-0.25, -0.2) is 9.97 Å². The van der Waals surface area contributed by atoms with Gasteiger partial charge in [0.05, 0.1) is 5.69 Å². The molecule has 0 radical (unpaired) electrons. The quantitative estimate of drug-likeness (QED) is 0.848. The Kier molecular flexibility index (Phi) is 2.78. The van der Waals surface area contributed by atoms with Crippen molar-refractivity contribution in [1.29, 1.82) is 0 Å². The summed E-state index contributed by atoms with van der Waals surface area (Å²) in [6.45, 7) is 0. The first-order chi connectivity index (χ1) is 8.83. The molecule has 1 aliphatic carbocycles. The van der Waals surface area contributed by atoms with Crippen LogP contribution in [0.3, 0.4) is 0 Å². The van der Waals surface area contributed by atoms with E-state index in [9.17, 15) is 0 Å². The second kappa shape index (κ2) is 4.58. The number of pyridine rings is 1. The molecule has 0 spiro atoms. The Hall–Kier alpha value is -2.20. The zero-order valence-corrected chi connectivity index (χ0v) is 10.4. The van der Waals surface area contributed by atoms with Crippen LogP contribution in [-0.2, 0) is 0 Å². The topological polar surface area (TPSA) is 51.8 Å². The standard InChI is InChI=1S/C14H11N3S/c15-14-17-12-9-8-11(16-13(12)18-14)10-6-4-2-1-3-5-7-10/h1-9H,(H2,15,17). The van der Waals surface area contributed by atoms with E-state index in [-0.39, 0.29) is 0 Å². The van der Waals surface area contributed by atoms with E-state index < -0.39 is 0 Å². The summed E-state index contributed by atoms with van der Waals surface area (Å²) in [6, 6.07) is 3.92. The van der Waals surface area contributed by atoms with Crippen LogP contribution >= 0.6 is 11.3 Å². The second-order valence-corrected chi connectivity index (χ2v) is 4.83. The molecule has 0 atom stereocenters. The van der Waals surface area contributed by atoms with Gasteiger partial charge < -0.3 is 5.73 Å². The Balaban J connectivity index is 2.08. The molecule has 0 bridgehead atoms. The molecule has 0 unspecified atom stereocenters. The summed E-state index contributed by atoms with van der Waals surface area (Å²) in [5.41, 5.74) is 8.54. The van der Waals surface area contributed by atoms with Crippen molar-refractivity contribution >= 4 is 32.4 Å². The highest BCUT2D eigenvalue weighted by Crippen LogP contribution is 2.24. The minimum absolute atomic E-state index is 0.555. The highest BCUT2D eigenvalue weighted by molar-refractivity contribution is 7.21. The fourth-order valence-electron chi connectivity index (χ4n) is 1.73. The Morgan fingerprint density at radius 2 is 1.78 bits per heavy atom. The van der Waals surface area contributed by atoms with Crippen LogP contribution in [0.25, 0.3) is 15.9 Å². The lowest BCUT2D eigenvalue weighted by Crippen LogP contribution is -1.87. The third-order valence-corrected chi connectivity index (χ3v) is 3.36. The van der Waals surface area contributed by atoms with Gasteiger partial charge in [-0.1, -0.05) is 53.9 Å². The molecule has 1 aliphatic rings. The van der Waals surface area contributed by atoms with Crippen LogP contribution in [0.15, 0.2) is 54.7 Å². The van der Waals surface area contributed by atoms with E-state index >= 15 is 0 Å². The molecule has 0 amide bonds. The van der Waals surface area contributed by atoms with Gasteiger partial charge in [0.1, 0.15) is 10.3 Å². The Labute approximate surface area is 109 Å². The lowest BCUT2D eigenvalue weighted by Gasteiger charge is -2.01. The van der Waals surface area contributed by atoms with Gasteiger partial charge in [-0.2, -0.15) is 0 Å². The van der Waals surface area contributed by atoms with Crippen LogP contribution in [0.1, 0.15) is 5.69 Å². The van der Waals surface area contributed by atoms with E-state index in [1.54, 1.807) is 0 Å². The van der Waals surface area contributed by atoms with Crippen LogP contribution < -0.4 is 5.73 Å². The number of nitrogens with zero attached hydrogens (tertiary/aromatic N) is 2. The van der Waals surface area contributed by atoms with Crippen molar-refractivity contribution in [3.8, 4) is 0 Å². The van der Waals surface area contributed by atoms with E-state index in [1.807, 2.05) is 54.7 Å². The highest BCUT2D eigenvalue weighted by atomic mass is 32.1. The molecule has 4 heteroatoms. The minimum atomic E-state index is 0.555. The van der Waals surface area contributed by atoms with Crippen LogP contribution in [0, 0.1) is 0 Å². The summed E-state index contributed by atoms with van der Waals surface area (Å²) in [5, 5.41) is 0.555. The Bertz CT molecular complexity index is 705. The van der Waals surface area contributed by atoms with Crippen molar-refractivity contribution in [3.05, 3.63) is 60.4 Å². The van der Waals surface area contributed by atoms with Gasteiger partial charge in [-0.15, -0.1) is 0 Å². The first-order valence-electron chi connectivity index (χ1n) is 5.58. The average molecular weight is 253 g/mol. The molecule has 2 aromatic rings. The third-order valence-electron chi connectivity index (χ3n) is 2.56. The molecule has 2 aromatic heterocycles. The zero-order valence-electron chi connectivity index (χ0n) is 9.58. The van der Waals surface area contributed by atoms with Gasteiger partial charge in [0.15, 0.2) is 5.13 Å². The number of rotatable bonds is 1. The molecule has 0 fully saturated rings. The molecule has 2 N–H and O–H groups in total. The molecule has 2 heterocycles. The number of nitrogens with two attached hydrogens (primary N) is 1. The molecule has 0 aromatic carbocycles. The van der Waals surface area contributed by atoms with Crippen LogP contribution in [0.2, 0.25) is 0 Å². The molecule has 88 valence electrons.